The average Bonchev–Trinajstić information content (AvgIpc) is 2.67. The van der Waals surface area contributed by atoms with Crippen LogP contribution >= 0.6 is 0 Å². The van der Waals surface area contributed by atoms with Crippen molar-refractivity contribution < 1.29 is 4.74 Å². The van der Waals surface area contributed by atoms with Crippen molar-refractivity contribution in [3.05, 3.63) is 12.2 Å². The largest absolute Gasteiger partial charge is 0.385 e. The third-order valence-corrected chi connectivity index (χ3v) is 2.87. The van der Waals surface area contributed by atoms with Crippen molar-refractivity contribution in [2.75, 3.05) is 20.3 Å². The lowest BCUT2D eigenvalue weighted by molar-refractivity contribution is 0.156. The Bertz CT molecular complexity index is 186. The van der Waals surface area contributed by atoms with Gasteiger partial charge < -0.3 is 15.8 Å². The molecule has 3 N–H and O–H groups in total. The van der Waals surface area contributed by atoms with Crippen molar-refractivity contribution in [3.8, 4) is 0 Å². The molecule has 82 valence electrons. The van der Waals surface area contributed by atoms with Crippen LogP contribution in [0.3, 0.4) is 0 Å². The van der Waals surface area contributed by atoms with Crippen LogP contribution in [0.1, 0.15) is 26.2 Å². The second-order valence-corrected chi connectivity index (χ2v) is 4.29. The Morgan fingerprint density at radius 3 is 2.64 bits per heavy atom. The van der Waals surface area contributed by atoms with E-state index in [0.29, 0.717) is 12.6 Å². The predicted octanol–water partition coefficient (Wildman–Crippen LogP) is 1.05. The van der Waals surface area contributed by atoms with Gasteiger partial charge in [-0.25, -0.2) is 0 Å². The summed E-state index contributed by atoms with van der Waals surface area (Å²) < 4.78 is 5.09. The Morgan fingerprint density at radius 1 is 1.50 bits per heavy atom. The van der Waals surface area contributed by atoms with E-state index in [-0.39, 0.29) is 5.54 Å². The molecule has 0 aromatic heterocycles. The van der Waals surface area contributed by atoms with E-state index in [0.717, 1.165) is 25.9 Å². The minimum Gasteiger partial charge on any atom is -0.385 e. The van der Waals surface area contributed by atoms with Gasteiger partial charge in [-0.1, -0.05) is 12.2 Å². The number of methoxy groups -OCH3 is 1. The van der Waals surface area contributed by atoms with E-state index in [1.54, 1.807) is 7.11 Å². The van der Waals surface area contributed by atoms with E-state index in [9.17, 15) is 0 Å². The van der Waals surface area contributed by atoms with E-state index in [1.807, 2.05) is 0 Å². The zero-order valence-corrected chi connectivity index (χ0v) is 9.25. The highest BCUT2D eigenvalue weighted by molar-refractivity contribution is 5.01. The van der Waals surface area contributed by atoms with Gasteiger partial charge in [0.25, 0.3) is 0 Å². The predicted molar refractivity (Wildman–Crippen MR) is 59.3 cm³/mol. The fourth-order valence-electron chi connectivity index (χ4n) is 1.79. The molecular formula is C11H22N2O. The minimum absolute atomic E-state index is 0.0205. The summed E-state index contributed by atoms with van der Waals surface area (Å²) >= 11 is 0. The van der Waals surface area contributed by atoms with Crippen LogP contribution in [0.2, 0.25) is 0 Å². The SMILES string of the molecule is COCCC(C)(CN)NC1CC=CC1. The van der Waals surface area contributed by atoms with Gasteiger partial charge in [0.2, 0.25) is 0 Å². The molecule has 0 radical (unpaired) electrons. The number of rotatable bonds is 6. The molecule has 0 fully saturated rings. The maximum absolute atomic E-state index is 5.79. The van der Waals surface area contributed by atoms with Gasteiger partial charge >= 0.3 is 0 Å². The molecule has 0 aliphatic heterocycles. The molecule has 3 nitrogen and oxygen atoms in total. The van der Waals surface area contributed by atoms with Crippen molar-refractivity contribution in [1.29, 1.82) is 0 Å². The van der Waals surface area contributed by atoms with Gasteiger partial charge in [-0.15, -0.1) is 0 Å². The lowest BCUT2D eigenvalue weighted by Gasteiger charge is -2.32. The molecule has 3 heteroatoms. The molecule has 0 heterocycles. The summed E-state index contributed by atoms with van der Waals surface area (Å²) in [5.74, 6) is 0. The zero-order chi connectivity index (χ0) is 10.4. The summed E-state index contributed by atoms with van der Waals surface area (Å²) in [6.07, 6.45) is 7.68. The average molecular weight is 198 g/mol. The normalized spacial score (nSPS) is 21.4. The maximum atomic E-state index is 5.79. The second kappa shape index (κ2) is 5.49. The highest BCUT2D eigenvalue weighted by atomic mass is 16.5. The molecule has 0 aromatic carbocycles. The van der Waals surface area contributed by atoms with E-state index < -0.39 is 0 Å². The van der Waals surface area contributed by atoms with Gasteiger partial charge in [0.1, 0.15) is 0 Å². The van der Waals surface area contributed by atoms with E-state index in [2.05, 4.69) is 24.4 Å². The molecule has 0 aromatic rings. The van der Waals surface area contributed by atoms with Crippen LogP contribution in [-0.4, -0.2) is 31.8 Å². The Balaban J connectivity index is 2.34. The first kappa shape index (κ1) is 11.7. The first-order valence-corrected chi connectivity index (χ1v) is 5.32. The van der Waals surface area contributed by atoms with Crippen LogP contribution in [0, 0.1) is 0 Å². The monoisotopic (exact) mass is 198 g/mol. The molecule has 1 aliphatic carbocycles. The molecule has 0 saturated carbocycles. The highest BCUT2D eigenvalue weighted by Crippen LogP contribution is 2.16. The van der Waals surface area contributed by atoms with Crippen molar-refractivity contribution in [2.45, 2.75) is 37.8 Å². The summed E-state index contributed by atoms with van der Waals surface area (Å²) in [6.45, 7) is 3.60. The number of hydrogen-bond donors (Lipinski definition) is 2. The van der Waals surface area contributed by atoms with E-state index in [1.165, 1.54) is 0 Å². The van der Waals surface area contributed by atoms with Crippen LogP contribution in [-0.2, 0) is 4.74 Å². The number of nitrogens with one attached hydrogen (secondary N) is 1. The maximum Gasteiger partial charge on any atom is 0.0480 e. The van der Waals surface area contributed by atoms with Crippen LogP contribution in [0.4, 0.5) is 0 Å². The lowest BCUT2D eigenvalue weighted by Crippen LogP contribution is -2.53. The number of nitrogens with two attached hydrogens (primary N) is 1. The van der Waals surface area contributed by atoms with Crippen molar-refractivity contribution >= 4 is 0 Å². The van der Waals surface area contributed by atoms with Gasteiger partial charge in [-0.2, -0.15) is 0 Å². The Hall–Kier alpha value is -0.380. The molecular weight excluding hydrogens is 176 g/mol. The van der Waals surface area contributed by atoms with Crippen LogP contribution < -0.4 is 11.1 Å². The van der Waals surface area contributed by atoms with E-state index >= 15 is 0 Å². The molecule has 0 amide bonds. The number of ether oxygens (including phenoxy) is 1. The molecule has 0 saturated heterocycles. The zero-order valence-electron chi connectivity index (χ0n) is 9.25. The van der Waals surface area contributed by atoms with Gasteiger partial charge in [0, 0.05) is 31.8 Å². The Labute approximate surface area is 86.7 Å². The topological polar surface area (TPSA) is 47.3 Å². The lowest BCUT2D eigenvalue weighted by atomic mass is 9.96. The summed E-state index contributed by atoms with van der Waals surface area (Å²) in [6, 6.07) is 0.570. The van der Waals surface area contributed by atoms with Crippen LogP contribution in [0.15, 0.2) is 12.2 Å². The fraction of sp³-hybridized carbons (Fsp3) is 0.818. The van der Waals surface area contributed by atoms with Crippen molar-refractivity contribution in [2.24, 2.45) is 5.73 Å². The Morgan fingerprint density at radius 2 is 2.14 bits per heavy atom. The van der Waals surface area contributed by atoms with Gasteiger partial charge in [0.15, 0.2) is 0 Å². The van der Waals surface area contributed by atoms with Crippen LogP contribution in [0.25, 0.3) is 0 Å². The second-order valence-electron chi connectivity index (χ2n) is 4.29. The number of hydrogen-bond acceptors (Lipinski definition) is 3. The van der Waals surface area contributed by atoms with Crippen LogP contribution in [0.5, 0.6) is 0 Å². The minimum atomic E-state index is 0.0205. The molecule has 14 heavy (non-hydrogen) atoms. The third kappa shape index (κ3) is 3.40. The third-order valence-electron chi connectivity index (χ3n) is 2.87. The molecule has 1 rings (SSSR count). The van der Waals surface area contributed by atoms with Gasteiger partial charge in [-0.05, 0) is 26.2 Å². The summed E-state index contributed by atoms with van der Waals surface area (Å²) in [4.78, 5) is 0. The quantitative estimate of drug-likeness (QED) is 0.627. The van der Waals surface area contributed by atoms with Crippen molar-refractivity contribution in [1.82, 2.24) is 5.32 Å². The smallest absolute Gasteiger partial charge is 0.0480 e. The molecule has 0 spiro atoms. The summed E-state index contributed by atoms with van der Waals surface area (Å²) in [5, 5.41) is 3.61. The fourth-order valence-corrected chi connectivity index (χ4v) is 1.79. The van der Waals surface area contributed by atoms with E-state index in [4.69, 9.17) is 10.5 Å². The summed E-state index contributed by atoms with van der Waals surface area (Å²) in [7, 11) is 1.73. The van der Waals surface area contributed by atoms with Gasteiger partial charge in [-0.3, -0.25) is 0 Å². The Kier molecular flexibility index (Phi) is 4.58. The van der Waals surface area contributed by atoms with Crippen molar-refractivity contribution in [3.63, 3.8) is 0 Å². The highest BCUT2D eigenvalue weighted by Gasteiger charge is 2.25. The summed E-state index contributed by atoms with van der Waals surface area (Å²) in [5.41, 5.74) is 5.81. The molecule has 1 unspecified atom stereocenters. The molecule has 1 aliphatic rings. The molecule has 1 atom stereocenters. The van der Waals surface area contributed by atoms with Gasteiger partial charge in [0.05, 0.1) is 0 Å². The standard InChI is InChI=1S/C11H22N2O/c1-11(9-12,7-8-14-2)13-10-5-3-4-6-10/h3-4,10,13H,5-9,12H2,1-2H3. The molecule has 0 bridgehead atoms. The first-order chi connectivity index (χ1) is 6.70. The first-order valence-electron chi connectivity index (χ1n) is 5.32.